The Bertz CT molecular complexity index is 1940. The summed E-state index contributed by atoms with van der Waals surface area (Å²) in [6, 6.07) is 22.3. The predicted molar refractivity (Wildman–Crippen MR) is 212 cm³/mol. The van der Waals surface area contributed by atoms with Crippen molar-refractivity contribution in [3.05, 3.63) is 107 Å². The van der Waals surface area contributed by atoms with Crippen molar-refractivity contribution in [3.63, 3.8) is 0 Å². The van der Waals surface area contributed by atoms with Crippen molar-refractivity contribution in [2.45, 2.75) is 83.8 Å². The summed E-state index contributed by atoms with van der Waals surface area (Å²) in [6.45, 7) is 11.6. The molecule has 0 radical (unpaired) electrons. The number of nitrogens with zero attached hydrogens (tertiary/aromatic N) is 3. The van der Waals surface area contributed by atoms with Gasteiger partial charge in [0.05, 0.1) is 30.5 Å². The third-order valence-electron chi connectivity index (χ3n) is 10.9. The first kappa shape index (κ1) is 39.1. The number of amides is 3. The smallest absolute Gasteiger partial charge is 0.269 e. The van der Waals surface area contributed by atoms with Gasteiger partial charge in [-0.2, -0.15) is 0 Å². The average molecular weight is 754 g/mol. The maximum absolute atomic E-state index is 16.7. The molecule has 3 aromatic carbocycles. The number of allylic oxidation sites excluding steroid dienone is 3. The minimum Gasteiger partial charge on any atom is -0.482 e. The molecule has 3 amide bonds. The molecule has 1 N–H and O–H groups in total. The van der Waals surface area contributed by atoms with Gasteiger partial charge in [0.2, 0.25) is 14.3 Å². The summed E-state index contributed by atoms with van der Waals surface area (Å²) in [5.41, 5.74) is 3.29. The average Bonchev–Trinajstić information content (AvgIpc) is 3.56. The van der Waals surface area contributed by atoms with E-state index in [0.29, 0.717) is 28.4 Å². The molecule has 286 valence electrons. The fourth-order valence-electron chi connectivity index (χ4n) is 8.40. The second-order valence-electron chi connectivity index (χ2n) is 15.5. The van der Waals surface area contributed by atoms with Crippen molar-refractivity contribution in [1.82, 2.24) is 4.90 Å². The molecule has 54 heavy (non-hydrogen) atoms. The molecule has 3 aliphatic rings. The van der Waals surface area contributed by atoms with Gasteiger partial charge in [0, 0.05) is 42.3 Å². The van der Waals surface area contributed by atoms with Crippen LogP contribution in [0.4, 0.5) is 21.2 Å². The monoisotopic (exact) mass is 753 g/mol. The third kappa shape index (κ3) is 7.67. The van der Waals surface area contributed by atoms with Crippen LogP contribution in [0, 0.1) is 5.92 Å². The second-order valence-corrected chi connectivity index (χ2v) is 19.3. The van der Waals surface area contributed by atoms with Gasteiger partial charge in [-0.1, -0.05) is 72.7 Å². The van der Waals surface area contributed by atoms with Gasteiger partial charge in [0.1, 0.15) is 5.75 Å². The molecule has 0 unspecified atom stereocenters. The van der Waals surface area contributed by atoms with E-state index in [0.717, 1.165) is 24.0 Å². The van der Waals surface area contributed by atoms with Crippen molar-refractivity contribution in [2.75, 3.05) is 36.1 Å². The number of carbonyl (C=O) groups is 3. The molecule has 11 heteroatoms. The topological polar surface area (TPSA) is 99.6 Å². The zero-order valence-corrected chi connectivity index (χ0v) is 33.2. The van der Waals surface area contributed by atoms with Gasteiger partial charge in [-0.3, -0.25) is 19.3 Å². The first-order chi connectivity index (χ1) is 25.8. The SMILES string of the molecule is CC(C)=CCC/C(C)=C/CN1C(=O)[C@@]2(O[C@@H](CC(=O)N(CCO)Cc3ccccc3)[C@H]([Si](C)(C)F)[C@H]2C)c2cc(N3C(=O)COc4ccccc43)ccc21. The number of hydrogen-bond donors (Lipinski definition) is 1. The molecule has 9 nitrogen and oxygen atoms in total. The third-order valence-corrected chi connectivity index (χ3v) is 13.4. The number of fused-ring (bicyclic) bond motifs is 3. The van der Waals surface area contributed by atoms with E-state index in [1.54, 1.807) is 33.9 Å². The maximum atomic E-state index is 16.7. The first-order valence-corrected chi connectivity index (χ1v) is 21.8. The Morgan fingerprint density at radius 3 is 2.44 bits per heavy atom. The van der Waals surface area contributed by atoms with Crippen molar-refractivity contribution in [1.29, 1.82) is 0 Å². The summed E-state index contributed by atoms with van der Waals surface area (Å²) in [6.07, 6.45) is 4.93. The Labute approximate surface area is 319 Å². The number of carbonyl (C=O) groups excluding carboxylic acids is 3. The molecule has 3 aliphatic heterocycles. The van der Waals surface area contributed by atoms with Crippen molar-refractivity contribution >= 4 is 43.2 Å². The number of aliphatic hydroxyl groups is 1. The lowest BCUT2D eigenvalue weighted by Crippen LogP contribution is -2.45. The first-order valence-electron chi connectivity index (χ1n) is 18.9. The van der Waals surface area contributed by atoms with E-state index in [1.165, 1.54) is 5.57 Å². The Morgan fingerprint density at radius 2 is 1.74 bits per heavy atom. The molecule has 1 spiro atoms. The number of hydrogen-bond acceptors (Lipinski definition) is 6. The highest BCUT2D eigenvalue weighted by atomic mass is 28.4. The molecule has 0 aliphatic carbocycles. The lowest BCUT2D eigenvalue weighted by atomic mass is 9.82. The van der Waals surface area contributed by atoms with Crippen LogP contribution < -0.4 is 14.5 Å². The summed E-state index contributed by atoms with van der Waals surface area (Å²) < 4.78 is 29.4. The van der Waals surface area contributed by atoms with Crippen LogP contribution in [0.2, 0.25) is 18.6 Å². The molecule has 3 aromatic rings. The number of para-hydroxylation sites is 2. The van der Waals surface area contributed by atoms with Crippen molar-refractivity contribution in [3.8, 4) is 5.75 Å². The zero-order valence-electron chi connectivity index (χ0n) is 32.2. The van der Waals surface area contributed by atoms with E-state index in [1.807, 2.05) is 73.7 Å². The Kier molecular flexibility index (Phi) is 11.6. The van der Waals surface area contributed by atoms with Gasteiger partial charge in [0.15, 0.2) is 12.2 Å². The van der Waals surface area contributed by atoms with Crippen LogP contribution in [0.3, 0.4) is 0 Å². The van der Waals surface area contributed by atoms with Gasteiger partial charge in [-0.15, -0.1) is 0 Å². The number of ether oxygens (including phenoxy) is 2. The molecule has 1 saturated heterocycles. The summed E-state index contributed by atoms with van der Waals surface area (Å²) in [4.78, 5) is 47.4. The van der Waals surface area contributed by atoms with E-state index < -0.39 is 31.6 Å². The minimum absolute atomic E-state index is 0.107. The summed E-state index contributed by atoms with van der Waals surface area (Å²) in [7, 11) is -3.59. The largest absolute Gasteiger partial charge is 0.482 e. The van der Waals surface area contributed by atoms with Crippen molar-refractivity contribution < 1.29 is 33.1 Å². The van der Waals surface area contributed by atoms with E-state index >= 15 is 8.90 Å². The highest BCUT2D eigenvalue weighted by molar-refractivity contribution is 6.72. The molecule has 0 saturated carbocycles. The minimum atomic E-state index is -3.59. The second kappa shape index (κ2) is 16.0. The van der Waals surface area contributed by atoms with Crippen LogP contribution in [-0.2, 0) is 31.3 Å². The van der Waals surface area contributed by atoms with Gasteiger partial charge >= 0.3 is 0 Å². The zero-order chi connectivity index (χ0) is 38.8. The van der Waals surface area contributed by atoms with Crippen LogP contribution in [0.1, 0.15) is 58.1 Å². The normalized spacial score (nSPS) is 22.3. The van der Waals surface area contributed by atoms with Gasteiger partial charge in [-0.25, -0.2) is 0 Å². The number of anilines is 3. The molecule has 4 atom stereocenters. The molecular formula is C43H52FN3O6Si. The Hall–Kier alpha value is -4.58. The van der Waals surface area contributed by atoms with Gasteiger partial charge in [0.25, 0.3) is 11.8 Å². The van der Waals surface area contributed by atoms with E-state index in [-0.39, 0.29) is 57.0 Å². The fraction of sp³-hybridized carbons (Fsp3) is 0.419. The maximum Gasteiger partial charge on any atom is 0.269 e. The van der Waals surface area contributed by atoms with Gasteiger partial charge in [-0.05, 0) is 82.6 Å². The molecule has 6 rings (SSSR count). The molecular weight excluding hydrogens is 702 g/mol. The molecule has 1 fully saturated rings. The van der Waals surface area contributed by atoms with Crippen LogP contribution in [0.5, 0.6) is 5.75 Å². The fourth-order valence-corrected chi connectivity index (χ4v) is 10.9. The van der Waals surface area contributed by atoms with E-state index in [2.05, 4.69) is 32.9 Å². The van der Waals surface area contributed by atoms with Crippen molar-refractivity contribution in [2.24, 2.45) is 5.92 Å². The number of rotatable bonds is 13. The van der Waals surface area contributed by atoms with E-state index in [4.69, 9.17) is 9.47 Å². The number of benzene rings is 3. The quantitative estimate of drug-likeness (QED) is 0.108. The molecule has 0 bridgehead atoms. The predicted octanol–water partition coefficient (Wildman–Crippen LogP) is 7.97. The molecule has 0 aromatic heterocycles. The summed E-state index contributed by atoms with van der Waals surface area (Å²) in [5.74, 6) is -0.925. The molecule has 3 heterocycles. The lowest BCUT2D eigenvalue weighted by molar-refractivity contribution is -0.149. The number of aliphatic hydroxyl groups excluding tert-OH is 1. The van der Waals surface area contributed by atoms with Crippen LogP contribution in [0.15, 0.2) is 96.1 Å². The summed E-state index contributed by atoms with van der Waals surface area (Å²) >= 11 is 0. The van der Waals surface area contributed by atoms with Crippen LogP contribution >= 0.6 is 0 Å². The summed E-state index contributed by atoms with van der Waals surface area (Å²) in [5, 5.41) is 9.89. The Morgan fingerprint density at radius 1 is 1.02 bits per heavy atom. The number of halogens is 1. The van der Waals surface area contributed by atoms with Crippen LogP contribution in [0.25, 0.3) is 0 Å². The standard InChI is InChI=1S/C43H52FN3O6Si/c1-29(2)13-12-14-30(3)21-22-46-35-20-19-33(47-36-17-10-11-18-37(36)52-28-40(47)50)25-34(35)43(42(46)51)31(4)41(54(5,6)44)38(53-43)26-39(49)45(23-24-48)27-32-15-8-7-9-16-32/h7-11,13,15-21,25,31,38,41,48H,12,14,22-24,26-28H2,1-6H3/b30-21+/t31-,38+,41-,43+/m1/s1. The lowest BCUT2D eigenvalue weighted by Gasteiger charge is -2.32. The Balaban J connectivity index is 1.41. The van der Waals surface area contributed by atoms with Gasteiger partial charge < -0.3 is 28.5 Å². The highest BCUT2D eigenvalue weighted by Gasteiger charge is 2.67. The van der Waals surface area contributed by atoms with E-state index in [9.17, 15) is 14.7 Å². The van der Waals surface area contributed by atoms with Crippen LogP contribution in [-0.4, -0.2) is 68.5 Å². The highest BCUT2D eigenvalue weighted by Crippen LogP contribution is 2.61.